The van der Waals surface area contributed by atoms with Crippen LogP contribution in [-0.4, -0.2) is 30.2 Å². The molecule has 0 bridgehead atoms. The van der Waals surface area contributed by atoms with Gasteiger partial charge >= 0.3 is 0 Å². The monoisotopic (exact) mass is 330 g/mol. The topological polar surface area (TPSA) is 38.7 Å². The molecule has 0 radical (unpaired) electrons. The molecular weight excluding hydrogens is 300 g/mol. The lowest BCUT2D eigenvalue weighted by Gasteiger charge is -2.50. The maximum atomic E-state index is 10.8. The molecule has 4 aliphatic carbocycles. The predicted molar refractivity (Wildman–Crippen MR) is 92.3 cm³/mol. The number of fused-ring (bicyclic) bond motifs is 4. The Bertz CT molecular complexity index is 613. The minimum atomic E-state index is -0.748. The van der Waals surface area contributed by atoms with E-state index in [1.807, 2.05) is 0 Å². The summed E-state index contributed by atoms with van der Waals surface area (Å²) in [5, 5.41) is 10.8. The minimum absolute atomic E-state index is 0.521. The molecule has 1 aliphatic heterocycles. The zero-order valence-electron chi connectivity index (χ0n) is 15.0. The van der Waals surface area contributed by atoms with Gasteiger partial charge in [-0.05, 0) is 60.0 Å². The Balaban J connectivity index is 1.54. The number of hydrogen-bond donors (Lipinski definition) is 1. The van der Waals surface area contributed by atoms with Gasteiger partial charge < -0.3 is 14.6 Å². The summed E-state index contributed by atoms with van der Waals surface area (Å²) in [6.45, 7) is 6.18. The van der Waals surface area contributed by atoms with Gasteiger partial charge in [-0.15, -0.1) is 0 Å². The zero-order chi connectivity index (χ0) is 16.5. The second-order valence-corrected chi connectivity index (χ2v) is 9.21. The van der Waals surface area contributed by atoms with Crippen LogP contribution >= 0.6 is 0 Å². The first-order valence-electron chi connectivity index (χ1n) is 9.90. The van der Waals surface area contributed by atoms with E-state index >= 15 is 0 Å². The van der Waals surface area contributed by atoms with E-state index in [1.165, 1.54) is 36.8 Å². The highest BCUT2D eigenvalue weighted by Crippen LogP contribution is 2.61. The van der Waals surface area contributed by atoms with E-state index in [4.69, 9.17) is 9.47 Å². The molecule has 2 fully saturated rings. The summed E-state index contributed by atoms with van der Waals surface area (Å²) in [4.78, 5) is 0. The van der Waals surface area contributed by atoms with Crippen LogP contribution in [0.4, 0.5) is 0 Å². The molecule has 5 rings (SSSR count). The van der Waals surface area contributed by atoms with Gasteiger partial charge in [0.1, 0.15) is 6.10 Å². The van der Waals surface area contributed by atoms with E-state index in [-0.39, 0.29) is 0 Å². The Morgan fingerprint density at radius 2 is 2.00 bits per heavy atom. The van der Waals surface area contributed by atoms with Crippen LogP contribution in [0.3, 0.4) is 0 Å². The zero-order valence-corrected chi connectivity index (χ0v) is 15.0. The van der Waals surface area contributed by atoms with Crippen molar-refractivity contribution in [2.45, 2.75) is 70.7 Å². The highest BCUT2D eigenvalue weighted by Gasteiger charge is 2.54. The second kappa shape index (κ2) is 5.18. The van der Waals surface area contributed by atoms with Gasteiger partial charge in [-0.3, -0.25) is 0 Å². The van der Waals surface area contributed by atoms with E-state index in [0.717, 1.165) is 18.8 Å². The van der Waals surface area contributed by atoms with Crippen molar-refractivity contribution in [1.29, 1.82) is 0 Å². The van der Waals surface area contributed by atoms with Crippen molar-refractivity contribution in [2.24, 2.45) is 23.2 Å². The van der Waals surface area contributed by atoms with E-state index in [9.17, 15) is 5.11 Å². The summed E-state index contributed by atoms with van der Waals surface area (Å²) in [5.74, 6) is 1.50. The third kappa shape index (κ3) is 2.01. The van der Waals surface area contributed by atoms with Crippen molar-refractivity contribution in [3.63, 3.8) is 0 Å². The quantitative estimate of drug-likeness (QED) is 0.730. The molecule has 24 heavy (non-hydrogen) atoms. The standard InChI is InChI=1S/C21H30O3/c1-13-10-14-12-21(23-8-9-24-21)18(22)11-16(14)15-5-7-20(2)6-3-4-17(20)19(13)15/h5,13,17-19,22H,3-4,6-12H2,1-2H3/t13-,17-,18?,19+,20-/m0/s1. The number of hydrogen-bond acceptors (Lipinski definition) is 3. The molecule has 1 heterocycles. The van der Waals surface area contributed by atoms with E-state index in [2.05, 4.69) is 19.9 Å². The molecule has 1 N–H and O–H groups in total. The Hall–Kier alpha value is -0.640. The van der Waals surface area contributed by atoms with Crippen LogP contribution in [-0.2, 0) is 9.47 Å². The number of rotatable bonds is 0. The van der Waals surface area contributed by atoms with Crippen LogP contribution in [0.15, 0.2) is 22.8 Å². The molecule has 132 valence electrons. The van der Waals surface area contributed by atoms with Crippen molar-refractivity contribution in [3.8, 4) is 0 Å². The molecule has 0 amide bonds. The summed E-state index contributed by atoms with van der Waals surface area (Å²) in [6.07, 6.45) is 10.1. The van der Waals surface area contributed by atoms with Gasteiger partial charge in [0.25, 0.3) is 0 Å². The Kier molecular flexibility index (Phi) is 3.37. The van der Waals surface area contributed by atoms with Crippen molar-refractivity contribution in [3.05, 3.63) is 22.8 Å². The summed E-state index contributed by atoms with van der Waals surface area (Å²) >= 11 is 0. The third-order valence-electron chi connectivity index (χ3n) is 7.84. The van der Waals surface area contributed by atoms with Crippen LogP contribution < -0.4 is 0 Å². The van der Waals surface area contributed by atoms with Crippen LogP contribution in [0, 0.1) is 23.2 Å². The predicted octanol–water partition coefficient (Wildman–Crippen LogP) is 3.97. The van der Waals surface area contributed by atoms with Crippen LogP contribution in [0.1, 0.15) is 58.8 Å². The summed E-state index contributed by atoms with van der Waals surface area (Å²) in [6, 6.07) is 0. The second-order valence-electron chi connectivity index (χ2n) is 9.21. The van der Waals surface area contributed by atoms with Crippen molar-refractivity contribution >= 4 is 0 Å². The minimum Gasteiger partial charge on any atom is -0.387 e. The van der Waals surface area contributed by atoms with Gasteiger partial charge in [-0.25, -0.2) is 0 Å². The molecule has 1 spiro atoms. The van der Waals surface area contributed by atoms with Gasteiger partial charge in [-0.1, -0.05) is 31.9 Å². The molecule has 0 aromatic carbocycles. The van der Waals surface area contributed by atoms with Crippen molar-refractivity contribution in [2.75, 3.05) is 13.2 Å². The highest BCUT2D eigenvalue weighted by atomic mass is 16.7. The van der Waals surface area contributed by atoms with Crippen molar-refractivity contribution in [1.82, 2.24) is 0 Å². The fourth-order valence-corrected chi connectivity index (χ4v) is 6.66. The van der Waals surface area contributed by atoms with Crippen LogP contribution in [0.25, 0.3) is 0 Å². The largest absolute Gasteiger partial charge is 0.387 e. The first kappa shape index (κ1) is 15.6. The fraction of sp³-hybridized carbons (Fsp3) is 0.810. The van der Waals surface area contributed by atoms with Gasteiger partial charge in [-0.2, -0.15) is 0 Å². The number of ether oxygens (including phenoxy) is 2. The van der Waals surface area contributed by atoms with Gasteiger partial charge in [0.15, 0.2) is 5.79 Å². The molecule has 5 atom stereocenters. The maximum absolute atomic E-state index is 10.8. The lowest BCUT2D eigenvalue weighted by molar-refractivity contribution is -0.222. The number of aliphatic hydroxyl groups is 1. The number of aliphatic hydroxyl groups excluding tert-OH is 1. The molecular formula is C21H30O3. The van der Waals surface area contributed by atoms with E-state index in [0.29, 0.717) is 36.9 Å². The molecule has 3 nitrogen and oxygen atoms in total. The number of allylic oxidation sites excluding steroid dienone is 2. The molecule has 3 heteroatoms. The van der Waals surface area contributed by atoms with E-state index in [1.54, 1.807) is 5.57 Å². The van der Waals surface area contributed by atoms with Gasteiger partial charge in [0.05, 0.1) is 13.2 Å². The molecule has 1 saturated carbocycles. The average Bonchev–Trinajstić information content (AvgIpc) is 3.16. The highest BCUT2D eigenvalue weighted by molar-refractivity contribution is 5.46. The maximum Gasteiger partial charge on any atom is 0.198 e. The molecule has 1 unspecified atom stereocenters. The van der Waals surface area contributed by atoms with Crippen LogP contribution in [0.2, 0.25) is 0 Å². The summed E-state index contributed by atoms with van der Waals surface area (Å²) < 4.78 is 11.7. The van der Waals surface area contributed by atoms with Gasteiger partial charge in [0, 0.05) is 12.8 Å². The molecule has 0 aromatic heterocycles. The third-order valence-corrected chi connectivity index (χ3v) is 7.84. The molecule has 1 saturated heterocycles. The first-order valence-corrected chi connectivity index (χ1v) is 9.90. The van der Waals surface area contributed by atoms with E-state index < -0.39 is 11.9 Å². The normalized spacial score (nSPS) is 46.5. The Morgan fingerprint density at radius 1 is 1.21 bits per heavy atom. The summed E-state index contributed by atoms with van der Waals surface area (Å²) in [7, 11) is 0. The average molecular weight is 330 g/mol. The first-order chi connectivity index (χ1) is 11.5. The smallest absolute Gasteiger partial charge is 0.198 e. The van der Waals surface area contributed by atoms with Crippen molar-refractivity contribution < 1.29 is 14.6 Å². The fourth-order valence-electron chi connectivity index (χ4n) is 6.66. The molecule has 0 aromatic rings. The Morgan fingerprint density at radius 3 is 2.79 bits per heavy atom. The van der Waals surface area contributed by atoms with Gasteiger partial charge in [0.2, 0.25) is 0 Å². The van der Waals surface area contributed by atoms with Crippen LogP contribution in [0.5, 0.6) is 0 Å². The lowest BCUT2D eigenvalue weighted by atomic mass is 9.56. The summed E-state index contributed by atoms with van der Waals surface area (Å²) in [5.41, 5.74) is 5.07. The Labute approximate surface area is 145 Å². The molecule has 5 aliphatic rings. The SMILES string of the molecule is C[C@H]1CC2=C(CC(O)C3(C2)OCCO3)C2=CC[C@]3(C)CCC[C@H]3[C@@H]21. The lowest BCUT2D eigenvalue weighted by Crippen LogP contribution is -2.49.